The lowest BCUT2D eigenvalue weighted by Crippen LogP contribution is -2.54. The van der Waals surface area contributed by atoms with E-state index in [2.05, 4.69) is 5.32 Å². The number of hydrogen-bond acceptors (Lipinski definition) is 6. The molecule has 3 aromatic rings. The summed E-state index contributed by atoms with van der Waals surface area (Å²) >= 11 is 0. The highest BCUT2D eigenvalue weighted by molar-refractivity contribution is 7.92. The fraction of sp³-hybridized carbons (Fsp3) is 0.375. The Kier molecular flexibility index (Phi) is 10.6. The van der Waals surface area contributed by atoms with E-state index in [1.165, 1.54) is 35.2 Å². The van der Waals surface area contributed by atoms with Crippen molar-refractivity contribution in [1.82, 2.24) is 10.2 Å². The van der Waals surface area contributed by atoms with Crippen LogP contribution >= 0.6 is 0 Å². The summed E-state index contributed by atoms with van der Waals surface area (Å²) in [6.07, 6.45) is 1.51. The molecule has 1 heterocycles. The van der Waals surface area contributed by atoms with E-state index in [1.807, 2.05) is 51.1 Å². The molecule has 0 fully saturated rings. The molecule has 1 aliphatic heterocycles. The normalized spacial score (nSPS) is 14.0. The molecule has 3 aromatic carbocycles. The predicted molar refractivity (Wildman–Crippen MR) is 162 cm³/mol. The minimum absolute atomic E-state index is 0.0982. The van der Waals surface area contributed by atoms with Crippen molar-refractivity contribution in [1.29, 1.82) is 0 Å². The Morgan fingerprint density at radius 1 is 0.930 bits per heavy atom. The molecule has 0 unspecified atom stereocenters. The van der Waals surface area contributed by atoms with Crippen LogP contribution in [0.2, 0.25) is 0 Å². The quantitative estimate of drug-likeness (QED) is 0.304. The minimum Gasteiger partial charge on any atom is -0.486 e. The zero-order valence-corrected chi connectivity index (χ0v) is 25.5. The Morgan fingerprint density at radius 2 is 1.60 bits per heavy atom. The van der Waals surface area contributed by atoms with Crippen LogP contribution < -0.4 is 19.1 Å². The number of carbonyl (C=O) groups excluding carboxylic acids is 2. The first-order chi connectivity index (χ1) is 20.6. The van der Waals surface area contributed by atoms with Gasteiger partial charge in [-0.3, -0.25) is 13.9 Å². The van der Waals surface area contributed by atoms with Gasteiger partial charge in [0.05, 0.1) is 10.6 Å². The highest BCUT2D eigenvalue weighted by atomic mass is 32.2. The monoisotopic (exact) mass is 611 g/mol. The topological polar surface area (TPSA) is 105 Å². The molecule has 0 spiro atoms. The summed E-state index contributed by atoms with van der Waals surface area (Å²) in [5.74, 6) is -0.729. The van der Waals surface area contributed by atoms with Crippen molar-refractivity contribution in [3.05, 3.63) is 84.2 Å². The maximum absolute atomic E-state index is 14.1. The number of amides is 2. The van der Waals surface area contributed by atoms with E-state index >= 15 is 0 Å². The molecule has 9 nitrogen and oxygen atoms in total. The fourth-order valence-electron chi connectivity index (χ4n) is 4.78. The smallest absolute Gasteiger partial charge is 0.264 e. The van der Waals surface area contributed by atoms with Crippen molar-refractivity contribution in [2.45, 2.75) is 57.0 Å². The van der Waals surface area contributed by atoms with Crippen LogP contribution in [-0.2, 0) is 26.0 Å². The summed E-state index contributed by atoms with van der Waals surface area (Å²) in [5, 5.41) is 2.96. The lowest BCUT2D eigenvalue weighted by Gasteiger charge is -2.33. The van der Waals surface area contributed by atoms with Crippen molar-refractivity contribution in [2.24, 2.45) is 0 Å². The highest BCUT2D eigenvalue weighted by Crippen LogP contribution is 2.34. The number of nitrogens with zero attached hydrogens (tertiary/aromatic N) is 2. The third kappa shape index (κ3) is 7.84. The fourth-order valence-corrected chi connectivity index (χ4v) is 6.21. The largest absolute Gasteiger partial charge is 0.486 e. The van der Waals surface area contributed by atoms with E-state index in [0.717, 1.165) is 22.0 Å². The summed E-state index contributed by atoms with van der Waals surface area (Å²) < 4.78 is 54.1. The first-order valence-electron chi connectivity index (χ1n) is 14.5. The maximum Gasteiger partial charge on any atom is 0.264 e. The van der Waals surface area contributed by atoms with Gasteiger partial charge >= 0.3 is 0 Å². The third-order valence-corrected chi connectivity index (χ3v) is 9.14. The van der Waals surface area contributed by atoms with Crippen LogP contribution in [0.3, 0.4) is 0 Å². The highest BCUT2D eigenvalue weighted by Gasteiger charge is 2.34. The van der Waals surface area contributed by atoms with Crippen molar-refractivity contribution >= 4 is 27.5 Å². The summed E-state index contributed by atoms with van der Waals surface area (Å²) in [7, 11) is -4.34. The van der Waals surface area contributed by atoms with Gasteiger partial charge in [0, 0.05) is 18.7 Å². The van der Waals surface area contributed by atoms with Crippen molar-refractivity contribution < 1.29 is 31.9 Å². The van der Waals surface area contributed by atoms with E-state index in [0.29, 0.717) is 31.6 Å². The summed E-state index contributed by atoms with van der Waals surface area (Å²) in [6, 6.07) is 17.7. The summed E-state index contributed by atoms with van der Waals surface area (Å²) in [5.41, 5.74) is 1.07. The zero-order chi connectivity index (χ0) is 31.0. The number of fused-ring (bicyclic) bond motifs is 1. The van der Waals surface area contributed by atoms with Crippen LogP contribution in [0.5, 0.6) is 11.5 Å². The van der Waals surface area contributed by atoms with E-state index in [4.69, 9.17) is 9.47 Å². The molecule has 2 amide bonds. The molecule has 0 saturated heterocycles. The van der Waals surface area contributed by atoms with Gasteiger partial charge in [-0.1, -0.05) is 44.2 Å². The van der Waals surface area contributed by atoms with E-state index in [1.54, 1.807) is 0 Å². The van der Waals surface area contributed by atoms with E-state index in [-0.39, 0.29) is 41.4 Å². The Hall–Kier alpha value is -4.12. The molecule has 1 N–H and O–H groups in total. The Balaban J connectivity index is 1.70. The Morgan fingerprint density at radius 3 is 2.26 bits per heavy atom. The molecule has 230 valence electrons. The zero-order valence-electron chi connectivity index (χ0n) is 24.7. The molecule has 0 bridgehead atoms. The molecule has 43 heavy (non-hydrogen) atoms. The first kappa shape index (κ1) is 31.8. The number of anilines is 1. The predicted octanol–water partition coefficient (Wildman–Crippen LogP) is 4.56. The van der Waals surface area contributed by atoms with Crippen LogP contribution in [0.15, 0.2) is 77.7 Å². The molecular weight excluding hydrogens is 573 g/mol. The second-order valence-corrected chi connectivity index (χ2v) is 12.2. The van der Waals surface area contributed by atoms with Crippen LogP contribution in [0, 0.1) is 5.82 Å². The van der Waals surface area contributed by atoms with Gasteiger partial charge in [0.25, 0.3) is 10.0 Å². The van der Waals surface area contributed by atoms with Gasteiger partial charge in [-0.15, -0.1) is 0 Å². The molecule has 0 aliphatic carbocycles. The molecule has 2 atom stereocenters. The third-order valence-electron chi connectivity index (χ3n) is 7.37. The SMILES string of the molecule is CC[C@H](C(=O)N[C@@H](C)CC)N(CCc1ccccc1)C(=O)CN(c1ccc(F)cc1)S(=O)(=O)c1ccc2c(c1)OCCO2. The van der Waals surface area contributed by atoms with Crippen molar-refractivity contribution in [2.75, 3.05) is 30.6 Å². The van der Waals surface area contributed by atoms with Gasteiger partial charge in [-0.2, -0.15) is 0 Å². The average molecular weight is 612 g/mol. The van der Waals surface area contributed by atoms with Gasteiger partial charge in [-0.25, -0.2) is 12.8 Å². The standard InChI is InChI=1S/C32H38FN3O6S/c1-4-23(3)34-32(38)28(5-2)35(18-17-24-9-7-6-8-10-24)31(37)22-36(26-13-11-25(33)12-14-26)43(39,40)27-15-16-29-30(21-27)42-20-19-41-29/h6-16,21,23,28H,4-5,17-20,22H2,1-3H3,(H,34,38)/t23-,28+/m0/s1. The van der Waals surface area contributed by atoms with Crippen LogP contribution in [0.1, 0.15) is 39.2 Å². The minimum atomic E-state index is -4.34. The van der Waals surface area contributed by atoms with Crippen LogP contribution in [0.4, 0.5) is 10.1 Å². The van der Waals surface area contributed by atoms with E-state index < -0.39 is 34.3 Å². The van der Waals surface area contributed by atoms with Gasteiger partial charge in [0.15, 0.2) is 11.5 Å². The average Bonchev–Trinajstić information content (AvgIpc) is 3.02. The number of hydrogen-bond donors (Lipinski definition) is 1. The van der Waals surface area contributed by atoms with Crippen molar-refractivity contribution in [3.8, 4) is 11.5 Å². The molecule has 0 aromatic heterocycles. The number of benzene rings is 3. The number of ether oxygens (including phenoxy) is 2. The number of nitrogens with one attached hydrogen (secondary N) is 1. The lowest BCUT2D eigenvalue weighted by atomic mass is 10.1. The molecule has 1 aliphatic rings. The number of rotatable bonds is 13. The number of halogens is 1. The summed E-state index contributed by atoms with van der Waals surface area (Å²) in [6.45, 7) is 5.85. The Bertz CT molecular complexity index is 1500. The molecule has 0 saturated carbocycles. The van der Waals surface area contributed by atoms with Gasteiger partial charge in [0.2, 0.25) is 11.8 Å². The van der Waals surface area contributed by atoms with Crippen LogP contribution in [0.25, 0.3) is 0 Å². The number of sulfonamides is 1. The summed E-state index contributed by atoms with van der Waals surface area (Å²) in [4.78, 5) is 28.8. The molecular formula is C32H38FN3O6S. The van der Waals surface area contributed by atoms with Crippen LogP contribution in [-0.4, -0.2) is 63.5 Å². The lowest BCUT2D eigenvalue weighted by molar-refractivity contribution is -0.139. The van der Waals surface area contributed by atoms with Crippen molar-refractivity contribution in [3.63, 3.8) is 0 Å². The molecule has 4 rings (SSSR count). The maximum atomic E-state index is 14.1. The second-order valence-electron chi connectivity index (χ2n) is 10.4. The number of carbonyl (C=O) groups is 2. The van der Waals surface area contributed by atoms with E-state index in [9.17, 15) is 22.4 Å². The first-order valence-corrected chi connectivity index (χ1v) is 15.9. The van der Waals surface area contributed by atoms with Gasteiger partial charge in [0.1, 0.15) is 31.6 Å². The second kappa shape index (κ2) is 14.4. The molecule has 11 heteroatoms. The molecule has 0 radical (unpaired) electrons. The van der Waals surface area contributed by atoms with Gasteiger partial charge in [-0.05, 0) is 68.1 Å². The van der Waals surface area contributed by atoms with Gasteiger partial charge < -0.3 is 19.7 Å². The Labute approximate surface area is 252 Å².